The summed E-state index contributed by atoms with van der Waals surface area (Å²) in [5, 5.41) is 9.15. The number of halogens is 2. The van der Waals surface area contributed by atoms with Crippen molar-refractivity contribution in [1.82, 2.24) is 0 Å². The second kappa shape index (κ2) is 5.39. The summed E-state index contributed by atoms with van der Waals surface area (Å²) >= 11 is 9.31. The van der Waals surface area contributed by atoms with Crippen LogP contribution in [0.5, 0.6) is 5.75 Å². The molecule has 0 heterocycles. The molecule has 0 aromatic heterocycles. The van der Waals surface area contributed by atoms with E-state index in [9.17, 15) is 0 Å². The maximum atomic E-state index is 8.61. The highest BCUT2D eigenvalue weighted by Gasteiger charge is 2.06. The van der Waals surface area contributed by atoms with Crippen molar-refractivity contribution < 1.29 is 9.84 Å². The van der Waals surface area contributed by atoms with Crippen LogP contribution in [0.4, 0.5) is 0 Å². The number of rotatable bonds is 3. The number of hydrogen-bond acceptors (Lipinski definition) is 2. The number of ether oxygens (including phenoxy) is 1. The lowest BCUT2D eigenvalue weighted by Crippen LogP contribution is -1.87. The van der Waals surface area contributed by atoms with Crippen LogP contribution in [0.2, 0.25) is 5.02 Å². The van der Waals surface area contributed by atoms with Gasteiger partial charge in [0.05, 0.1) is 23.2 Å². The first-order valence-electron chi connectivity index (χ1n) is 3.99. The standard InChI is InChI=1S/C10H10BrClO2/c1-14-10-8(11)5-7(3-2-4-13)6-9(10)12/h2-3,5-6,13H,4H2,1H3/b3-2+. The highest BCUT2D eigenvalue weighted by Crippen LogP contribution is 2.34. The van der Waals surface area contributed by atoms with Gasteiger partial charge < -0.3 is 9.84 Å². The topological polar surface area (TPSA) is 29.5 Å². The third-order valence-electron chi connectivity index (χ3n) is 1.64. The van der Waals surface area contributed by atoms with Crippen molar-refractivity contribution in [3.63, 3.8) is 0 Å². The Morgan fingerprint density at radius 2 is 2.29 bits per heavy atom. The van der Waals surface area contributed by atoms with Gasteiger partial charge in [-0.3, -0.25) is 0 Å². The van der Waals surface area contributed by atoms with Crippen LogP contribution in [-0.2, 0) is 0 Å². The summed E-state index contributed by atoms with van der Waals surface area (Å²) in [6.45, 7) is 0.0151. The molecule has 0 bridgehead atoms. The average molecular weight is 278 g/mol. The van der Waals surface area contributed by atoms with Crippen LogP contribution in [0.3, 0.4) is 0 Å². The fourth-order valence-electron chi connectivity index (χ4n) is 1.06. The van der Waals surface area contributed by atoms with E-state index in [-0.39, 0.29) is 6.61 Å². The molecule has 1 rings (SSSR count). The summed E-state index contributed by atoms with van der Waals surface area (Å²) in [6.07, 6.45) is 3.43. The van der Waals surface area contributed by atoms with Crippen molar-refractivity contribution in [3.8, 4) is 5.75 Å². The normalized spacial score (nSPS) is 10.9. The van der Waals surface area contributed by atoms with Gasteiger partial charge in [0.15, 0.2) is 5.75 Å². The summed E-state index contributed by atoms with van der Waals surface area (Å²) in [5.74, 6) is 0.618. The molecule has 0 fully saturated rings. The van der Waals surface area contributed by atoms with Gasteiger partial charge in [-0.2, -0.15) is 0 Å². The number of aliphatic hydroxyl groups excluding tert-OH is 1. The summed E-state index contributed by atoms with van der Waals surface area (Å²) in [5.41, 5.74) is 0.914. The fourth-order valence-corrected chi connectivity index (χ4v) is 2.12. The van der Waals surface area contributed by atoms with Gasteiger partial charge in [0.2, 0.25) is 0 Å². The van der Waals surface area contributed by atoms with Gasteiger partial charge in [-0.05, 0) is 33.6 Å². The first kappa shape index (κ1) is 11.6. The fraction of sp³-hybridized carbons (Fsp3) is 0.200. The van der Waals surface area contributed by atoms with Crippen LogP contribution < -0.4 is 4.74 Å². The Morgan fingerprint density at radius 1 is 1.57 bits per heavy atom. The molecule has 0 saturated carbocycles. The van der Waals surface area contributed by atoms with Crippen LogP contribution in [0.15, 0.2) is 22.7 Å². The minimum atomic E-state index is 0.0151. The maximum Gasteiger partial charge on any atom is 0.151 e. The second-order valence-corrected chi connectivity index (χ2v) is 3.86. The van der Waals surface area contributed by atoms with Crippen LogP contribution in [0.1, 0.15) is 5.56 Å². The molecule has 0 unspecified atom stereocenters. The lowest BCUT2D eigenvalue weighted by atomic mass is 10.2. The third-order valence-corrected chi connectivity index (χ3v) is 2.51. The van der Waals surface area contributed by atoms with Crippen molar-refractivity contribution in [2.45, 2.75) is 0 Å². The first-order valence-corrected chi connectivity index (χ1v) is 5.16. The van der Waals surface area contributed by atoms with Gasteiger partial charge >= 0.3 is 0 Å². The van der Waals surface area contributed by atoms with Crippen molar-refractivity contribution in [1.29, 1.82) is 0 Å². The third kappa shape index (κ3) is 2.74. The molecule has 4 heteroatoms. The van der Waals surface area contributed by atoms with E-state index in [4.69, 9.17) is 21.4 Å². The molecule has 0 atom stereocenters. The van der Waals surface area contributed by atoms with Gasteiger partial charge in [-0.15, -0.1) is 0 Å². The van der Waals surface area contributed by atoms with Gasteiger partial charge in [-0.25, -0.2) is 0 Å². The zero-order valence-electron chi connectivity index (χ0n) is 7.63. The van der Waals surface area contributed by atoms with Gasteiger partial charge in [0, 0.05) is 0 Å². The summed E-state index contributed by atoms with van der Waals surface area (Å²) in [6, 6.07) is 3.65. The monoisotopic (exact) mass is 276 g/mol. The SMILES string of the molecule is COc1c(Cl)cc(/C=C/CO)cc1Br. The Hall–Kier alpha value is -0.510. The van der Waals surface area contributed by atoms with Crippen molar-refractivity contribution in [2.24, 2.45) is 0 Å². The van der Waals surface area contributed by atoms with E-state index in [1.165, 1.54) is 0 Å². The van der Waals surface area contributed by atoms with Gasteiger partial charge in [0.25, 0.3) is 0 Å². The molecule has 1 aromatic carbocycles. The van der Waals surface area contributed by atoms with E-state index in [1.54, 1.807) is 25.3 Å². The molecule has 0 amide bonds. The largest absolute Gasteiger partial charge is 0.494 e. The lowest BCUT2D eigenvalue weighted by Gasteiger charge is -2.06. The molecule has 0 radical (unpaired) electrons. The molecule has 1 aromatic rings. The summed E-state index contributed by atoms with van der Waals surface area (Å²) < 4.78 is 5.88. The van der Waals surface area contributed by atoms with Crippen molar-refractivity contribution in [2.75, 3.05) is 13.7 Å². The van der Waals surface area contributed by atoms with E-state index in [1.807, 2.05) is 6.07 Å². The zero-order valence-corrected chi connectivity index (χ0v) is 9.97. The highest BCUT2D eigenvalue weighted by atomic mass is 79.9. The molecule has 0 aliphatic heterocycles. The first-order chi connectivity index (χ1) is 6.69. The summed E-state index contributed by atoms with van der Waals surface area (Å²) in [7, 11) is 1.56. The minimum Gasteiger partial charge on any atom is -0.494 e. The van der Waals surface area contributed by atoms with E-state index in [0.29, 0.717) is 10.8 Å². The van der Waals surface area contributed by atoms with Gasteiger partial charge in [0.1, 0.15) is 0 Å². The predicted octanol–water partition coefficient (Wildman–Crippen LogP) is 3.12. The van der Waals surface area contributed by atoms with Crippen LogP contribution in [0.25, 0.3) is 6.08 Å². The molecule has 1 N–H and O–H groups in total. The average Bonchev–Trinajstić information content (AvgIpc) is 2.14. The molecule has 0 spiro atoms. The zero-order chi connectivity index (χ0) is 10.6. The number of benzene rings is 1. The Morgan fingerprint density at radius 3 is 2.79 bits per heavy atom. The quantitative estimate of drug-likeness (QED) is 0.920. The molecular weight excluding hydrogens is 267 g/mol. The maximum absolute atomic E-state index is 8.61. The van der Waals surface area contributed by atoms with E-state index in [2.05, 4.69) is 15.9 Å². The lowest BCUT2D eigenvalue weighted by molar-refractivity contribution is 0.343. The Labute approximate surface area is 96.3 Å². The van der Waals surface area contributed by atoms with Crippen LogP contribution >= 0.6 is 27.5 Å². The predicted molar refractivity (Wildman–Crippen MR) is 61.8 cm³/mol. The van der Waals surface area contributed by atoms with Crippen molar-refractivity contribution >= 4 is 33.6 Å². The molecule has 0 aliphatic carbocycles. The van der Waals surface area contributed by atoms with E-state index in [0.717, 1.165) is 10.0 Å². The molecular formula is C10H10BrClO2. The molecule has 0 saturated heterocycles. The molecule has 76 valence electrons. The molecule has 2 nitrogen and oxygen atoms in total. The van der Waals surface area contributed by atoms with Crippen LogP contribution in [-0.4, -0.2) is 18.8 Å². The summed E-state index contributed by atoms with van der Waals surface area (Å²) in [4.78, 5) is 0. The highest BCUT2D eigenvalue weighted by molar-refractivity contribution is 9.10. The van der Waals surface area contributed by atoms with Crippen molar-refractivity contribution in [3.05, 3.63) is 33.3 Å². The van der Waals surface area contributed by atoms with Gasteiger partial charge in [-0.1, -0.05) is 23.8 Å². The molecule has 0 aliphatic rings. The minimum absolute atomic E-state index is 0.0151. The number of methoxy groups -OCH3 is 1. The van der Waals surface area contributed by atoms with E-state index >= 15 is 0 Å². The number of hydrogen-bond donors (Lipinski definition) is 1. The van der Waals surface area contributed by atoms with E-state index < -0.39 is 0 Å². The second-order valence-electron chi connectivity index (χ2n) is 2.60. The number of aliphatic hydroxyl groups is 1. The Balaban J connectivity index is 3.07. The Kier molecular flexibility index (Phi) is 4.45. The smallest absolute Gasteiger partial charge is 0.151 e. The van der Waals surface area contributed by atoms with Crippen LogP contribution in [0, 0.1) is 0 Å². The Bertz CT molecular complexity index is 327. The molecule has 14 heavy (non-hydrogen) atoms.